The second-order valence-electron chi connectivity index (χ2n) is 3.01. The Morgan fingerprint density at radius 3 is 3.00 bits per heavy atom. The first kappa shape index (κ1) is 9.83. The zero-order valence-electron chi connectivity index (χ0n) is 7.77. The molecule has 2 aromatic rings. The molecular weight excluding hydrogens is 212 g/mol. The lowest BCUT2D eigenvalue weighted by Crippen LogP contribution is -2.00. The Morgan fingerprint density at radius 2 is 2.29 bits per heavy atom. The number of rotatable bonds is 4. The average molecular weight is 224 g/mol. The molecule has 0 fully saturated rings. The molecule has 0 saturated heterocycles. The van der Waals surface area contributed by atoms with Crippen LogP contribution in [0.1, 0.15) is 12.1 Å². The van der Waals surface area contributed by atoms with E-state index in [1.54, 1.807) is 22.7 Å². The Morgan fingerprint density at radius 1 is 1.36 bits per heavy atom. The second-order valence-corrected chi connectivity index (χ2v) is 4.82. The lowest BCUT2D eigenvalue weighted by molar-refractivity contribution is 0.816. The zero-order valence-corrected chi connectivity index (χ0v) is 9.40. The van der Waals surface area contributed by atoms with Crippen LogP contribution in [0.3, 0.4) is 0 Å². The highest BCUT2D eigenvalue weighted by molar-refractivity contribution is 7.20. The maximum absolute atomic E-state index is 5.46. The molecule has 14 heavy (non-hydrogen) atoms. The summed E-state index contributed by atoms with van der Waals surface area (Å²) >= 11 is 3.45. The van der Waals surface area contributed by atoms with Gasteiger partial charge in [-0.2, -0.15) is 0 Å². The van der Waals surface area contributed by atoms with E-state index in [2.05, 4.69) is 27.9 Å². The van der Waals surface area contributed by atoms with E-state index in [9.17, 15) is 0 Å². The summed E-state index contributed by atoms with van der Waals surface area (Å²) in [4.78, 5) is 5.82. The molecule has 2 N–H and O–H groups in total. The summed E-state index contributed by atoms with van der Waals surface area (Å²) in [7, 11) is 0. The van der Waals surface area contributed by atoms with Crippen molar-refractivity contribution >= 4 is 22.7 Å². The van der Waals surface area contributed by atoms with Crippen molar-refractivity contribution < 1.29 is 0 Å². The monoisotopic (exact) mass is 224 g/mol. The number of nitrogens with zero attached hydrogens (tertiary/aromatic N) is 1. The van der Waals surface area contributed by atoms with Gasteiger partial charge in [-0.05, 0) is 30.8 Å². The molecule has 0 atom stereocenters. The highest BCUT2D eigenvalue weighted by Gasteiger charge is 2.04. The van der Waals surface area contributed by atoms with Crippen molar-refractivity contribution in [3.63, 3.8) is 0 Å². The van der Waals surface area contributed by atoms with Gasteiger partial charge < -0.3 is 5.73 Å². The Balaban J connectivity index is 2.10. The van der Waals surface area contributed by atoms with E-state index in [4.69, 9.17) is 5.73 Å². The van der Waals surface area contributed by atoms with Crippen LogP contribution in [0.25, 0.3) is 9.88 Å². The van der Waals surface area contributed by atoms with E-state index in [0.717, 1.165) is 24.4 Å². The third-order valence-electron chi connectivity index (χ3n) is 1.92. The average Bonchev–Trinajstić information content (AvgIpc) is 2.85. The largest absolute Gasteiger partial charge is 0.330 e. The van der Waals surface area contributed by atoms with Gasteiger partial charge in [0, 0.05) is 5.38 Å². The maximum Gasteiger partial charge on any atom is 0.133 e. The fraction of sp³-hybridized carbons (Fsp3) is 0.300. The molecular formula is C10H12N2S2. The van der Waals surface area contributed by atoms with Crippen molar-refractivity contribution in [1.29, 1.82) is 0 Å². The van der Waals surface area contributed by atoms with Crippen LogP contribution in [-0.2, 0) is 6.42 Å². The molecule has 0 radical (unpaired) electrons. The first-order valence-electron chi connectivity index (χ1n) is 4.58. The minimum Gasteiger partial charge on any atom is -0.330 e. The summed E-state index contributed by atoms with van der Waals surface area (Å²) in [5, 5.41) is 5.34. The molecule has 0 aliphatic rings. The molecule has 0 unspecified atom stereocenters. The minimum atomic E-state index is 0.742. The van der Waals surface area contributed by atoms with E-state index >= 15 is 0 Å². The Labute approximate surface area is 91.4 Å². The predicted molar refractivity (Wildman–Crippen MR) is 62.8 cm³/mol. The maximum atomic E-state index is 5.46. The van der Waals surface area contributed by atoms with Gasteiger partial charge in [-0.25, -0.2) is 4.98 Å². The summed E-state index contributed by atoms with van der Waals surface area (Å²) in [6.45, 7) is 0.742. The SMILES string of the molecule is NCCCc1csc(-c2cccs2)n1. The van der Waals surface area contributed by atoms with Gasteiger partial charge in [0.2, 0.25) is 0 Å². The molecule has 2 aromatic heterocycles. The summed E-state index contributed by atoms with van der Waals surface area (Å²) < 4.78 is 0. The van der Waals surface area contributed by atoms with Crippen molar-refractivity contribution in [2.24, 2.45) is 5.73 Å². The fourth-order valence-corrected chi connectivity index (χ4v) is 2.89. The molecule has 4 heteroatoms. The summed E-state index contributed by atoms with van der Waals surface area (Å²) in [5.41, 5.74) is 6.63. The summed E-state index contributed by atoms with van der Waals surface area (Å²) in [5.74, 6) is 0. The van der Waals surface area contributed by atoms with E-state index < -0.39 is 0 Å². The fourth-order valence-electron chi connectivity index (χ4n) is 1.22. The van der Waals surface area contributed by atoms with Crippen LogP contribution in [0.5, 0.6) is 0 Å². The molecule has 0 amide bonds. The van der Waals surface area contributed by atoms with Crippen molar-refractivity contribution in [3.8, 4) is 9.88 Å². The van der Waals surface area contributed by atoms with E-state index in [1.165, 1.54) is 10.6 Å². The highest BCUT2D eigenvalue weighted by Crippen LogP contribution is 2.27. The highest BCUT2D eigenvalue weighted by atomic mass is 32.1. The van der Waals surface area contributed by atoms with Gasteiger partial charge in [-0.15, -0.1) is 22.7 Å². The molecule has 0 spiro atoms. The number of aromatic nitrogens is 1. The normalized spacial score (nSPS) is 10.6. The standard InChI is InChI=1S/C10H12N2S2/c11-5-1-3-8-7-14-10(12-8)9-4-2-6-13-9/h2,4,6-7H,1,3,5,11H2. The number of hydrogen-bond acceptors (Lipinski definition) is 4. The van der Waals surface area contributed by atoms with Crippen molar-refractivity contribution in [2.75, 3.05) is 6.54 Å². The van der Waals surface area contributed by atoms with Crippen molar-refractivity contribution in [1.82, 2.24) is 4.98 Å². The minimum absolute atomic E-state index is 0.742. The summed E-state index contributed by atoms with van der Waals surface area (Å²) in [6, 6.07) is 4.16. The molecule has 74 valence electrons. The smallest absolute Gasteiger partial charge is 0.133 e. The molecule has 2 rings (SSSR count). The lowest BCUT2D eigenvalue weighted by Gasteiger charge is -1.91. The molecule has 2 heterocycles. The van der Waals surface area contributed by atoms with Crippen LogP contribution in [0.15, 0.2) is 22.9 Å². The molecule has 0 aliphatic heterocycles. The second kappa shape index (κ2) is 4.68. The van der Waals surface area contributed by atoms with Crippen LogP contribution >= 0.6 is 22.7 Å². The van der Waals surface area contributed by atoms with E-state index in [1.807, 2.05) is 0 Å². The topological polar surface area (TPSA) is 38.9 Å². The van der Waals surface area contributed by atoms with Crippen molar-refractivity contribution in [2.45, 2.75) is 12.8 Å². The molecule has 0 aliphatic carbocycles. The Hall–Kier alpha value is -0.710. The van der Waals surface area contributed by atoms with Crippen LogP contribution in [0, 0.1) is 0 Å². The van der Waals surface area contributed by atoms with Crippen LogP contribution < -0.4 is 5.73 Å². The third-order valence-corrected chi connectivity index (χ3v) is 3.85. The first-order valence-corrected chi connectivity index (χ1v) is 6.34. The predicted octanol–water partition coefficient (Wildman–Crippen LogP) is 2.76. The Kier molecular flexibility index (Phi) is 3.29. The van der Waals surface area contributed by atoms with Gasteiger partial charge in [0.25, 0.3) is 0 Å². The first-order chi connectivity index (χ1) is 6.90. The number of thiophene rings is 1. The molecule has 0 bridgehead atoms. The van der Waals surface area contributed by atoms with Gasteiger partial charge in [0.05, 0.1) is 10.6 Å². The molecule has 2 nitrogen and oxygen atoms in total. The Bertz CT molecular complexity index is 378. The summed E-state index contributed by atoms with van der Waals surface area (Å²) in [6.07, 6.45) is 2.02. The number of hydrogen-bond donors (Lipinski definition) is 1. The van der Waals surface area contributed by atoms with Crippen LogP contribution in [-0.4, -0.2) is 11.5 Å². The third kappa shape index (κ3) is 2.20. The zero-order chi connectivity index (χ0) is 9.80. The van der Waals surface area contributed by atoms with Crippen LogP contribution in [0.2, 0.25) is 0 Å². The van der Waals surface area contributed by atoms with Gasteiger partial charge in [-0.3, -0.25) is 0 Å². The van der Waals surface area contributed by atoms with E-state index in [0.29, 0.717) is 0 Å². The number of aryl methyl sites for hydroxylation is 1. The number of nitrogens with two attached hydrogens (primary N) is 1. The molecule has 0 saturated carbocycles. The van der Waals surface area contributed by atoms with Gasteiger partial charge in [-0.1, -0.05) is 6.07 Å². The van der Waals surface area contributed by atoms with E-state index in [-0.39, 0.29) is 0 Å². The molecule has 0 aromatic carbocycles. The lowest BCUT2D eigenvalue weighted by atomic mass is 10.2. The van der Waals surface area contributed by atoms with Gasteiger partial charge in [0.15, 0.2) is 0 Å². The van der Waals surface area contributed by atoms with Gasteiger partial charge in [0.1, 0.15) is 5.01 Å². The van der Waals surface area contributed by atoms with Crippen LogP contribution in [0.4, 0.5) is 0 Å². The van der Waals surface area contributed by atoms with Gasteiger partial charge >= 0.3 is 0 Å². The number of thiazole rings is 1. The van der Waals surface area contributed by atoms with Crippen molar-refractivity contribution in [3.05, 3.63) is 28.6 Å². The quantitative estimate of drug-likeness (QED) is 0.867.